The first-order chi connectivity index (χ1) is 7.79. The van der Waals surface area contributed by atoms with E-state index in [1.807, 2.05) is 0 Å². The van der Waals surface area contributed by atoms with Crippen LogP contribution in [-0.4, -0.2) is 32.5 Å². The van der Waals surface area contributed by atoms with E-state index in [4.69, 9.17) is 0 Å². The maximum atomic E-state index is 11.8. The van der Waals surface area contributed by atoms with E-state index in [0.29, 0.717) is 17.5 Å². The first kappa shape index (κ1) is 15.0. The second kappa shape index (κ2) is 6.19. The Kier molecular flexibility index (Phi) is 5.45. The number of hydrogen-bond donors (Lipinski definition) is 1. The van der Waals surface area contributed by atoms with Gasteiger partial charge in [-0.2, -0.15) is 0 Å². The highest BCUT2D eigenvalue weighted by Crippen LogP contribution is 2.20. The van der Waals surface area contributed by atoms with Gasteiger partial charge in [0.15, 0.2) is 0 Å². The molecule has 1 fully saturated rings. The fraction of sp³-hybridized carbons (Fsp3) is 1.00. The molecule has 1 saturated heterocycles. The van der Waals surface area contributed by atoms with E-state index in [9.17, 15) is 8.42 Å². The van der Waals surface area contributed by atoms with Gasteiger partial charge in [-0.3, -0.25) is 0 Å². The summed E-state index contributed by atoms with van der Waals surface area (Å²) < 4.78 is 23.7. The largest absolute Gasteiger partial charge is 0.314 e. The van der Waals surface area contributed by atoms with Gasteiger partial charge in [-0.1, -0.05) is 20.8 Å². The van der Waals surface area contributed by atoms with E-state index in [0.717, 1.165) is 25.8 Å². The Hall–Kier alpha value is -0.0900. The van der Waals surface area contributed by atoms with Gasteiger partial charge < -0.3 is 5.32 Å². The van der Waals surface area contributed by atoms with Gasteiger partial charge in [0.05, 0.1) is 11.5 Å². The first-order valence-electron chi connectivity index (χ1n) is 6.72. The predicted octanol–water partition coefficient (Wildman–Crippen LogP) is 2.37. The Balaban J connectivity index is 2.20. The van der Waals surface area contributed by atoms with Crippen molar-refractivity contribution in [1.29, 1.82) is 0 Å². The molecule has 0 bridgehead atoms. The molecule has 0 radical (unpaired) electrons. The second-order valence-corrected chi connectivity index (χ2v) is 8.70. The van der Waals surface area contributed by atoms with Crippen molar-refractivity contribution in [1.82, 2.24) is 5.32 Å². The maximum Gasteiger partial charge on any atom is 0.150 e. The van der Waals surface area contributed by atoms with E-state index < -0.39 is 9.84 Å². The molecule has 0 amide bonds. The molecule has 1 N–H and O–H groups in total. The summed E-state index contributed by atoms with van der Waals surface area (Å²) in [6.07, 6.45) is 5.03. The summed E-state index contributed by atoms with van der Waals surface area (Å²) in [5, 5.41) is 3.40. The van der Waals surface area contributed by atoms with Crippen LogP contribution in [0.2, 0.25) is 0 Å². The molecule has 3 nitrogen and oxygen atoms in total. The van der Waals surface area contributed by atoms with Crippen LogP contribution in [0.5, 0.6) is 0 Å². The normalized spacial score (nSPS) is 21.9. The van der Waals surface area contributed by atoms with E-state index in [1.165, 1.54) is 12.8 Å². The summed E-state index contributed by atoms with van der Waals surface area (Å²) in [5.41, 5.74) is 0.111. The van der Waals surface area contributed by atoms with Crippen LogP contribution in [0, 0.1) is 5.41 Å². The molecule has 1 heterocycles. The lowest BCUT2D eigenvalue weighted by Gasteiger charge is -2.17. The zero-order valence-electron chi connectivity index (χ0n) is 11.5. The minimum Gasteiger partial charge on any atom is -0.314 e. The average Bonchev–Trinajstić information content (AvgIpc) is 2.67. The predicted molar refractivity (Wildman–Crippen MR) is 73.0 cm³/mol. The highest BCUT2D eigenvalue weighted by molar-refractivity contribution is 7.91. The average molecular weight is 261 g/mol. The third-order valence-corrected chi connectivity index (χ3v) is 5.07. The van der Waals surface area contributed by atoms with Crippen molar-refractivity contribution in [3.05, 3.63) is 0 Å². The van der Waals surface area contributed by atoms with E-state index in [2.05, 4.69) is 26.1 Å². The molecule has 0 aromatic carbocycles. The van der Waals surface area contributed by atoms with Crippen molar-refractivity contribution < 1.29 is 8.42 Å². The Morgan fingerprint density at radius 2 is 1.94 bits per heavy atom. The van der Waals surface area contributed by atoms with Crippen molar-refractivity contribution in [3.63, 3.8) is 0 Å². The zero-order valence-corrected chi connectivity index (χ0v) is 12.3. The monoisotopic (exact) mass is 261 g/mol. The van der Waals surface area contributed by atoms with Gasteiger partial charge in [0.1, 0.15) is 9.84 Å². The van der Waals surface area contributed by atoms with Crippen LogP contribution in [0.4, 0.5) is 0 Å². The van der Waals surface area contributed by atoms with Crippen molar-refractivity contribution in [2.75, 3.05) is 18.1 Å². The SMILES string of the molecule is CC(C)(C)CCS(=O)(=O)CCCC1CCCN1. The molecule has 1 aliphatic rings. The molecule has 1 rings (SSSR count). The Morgan fingerprint density at radius 1 is 1.24 bits per heavy atom. The smallest absolute Gasteiger partial charge is 0.150 e. The third-order valence-electron chi connectivity index (χ3n) is 3.33. The molecule has 17 heavy (non-hydrogen) atoms. The fourth-order valence-electron chi connectivity index (χ4n) is 2.12. The van der Waals surface area contributed by atoms with Gasteiger partial charge in [-0.25, -0.2) is 8.42 Å². The quantitative estimate of drug-likeness (QED) is 0.798. The minimum atomic E-state index is -2.83. The third kappa shape index (κ3) is 7.04. The summed E-state index contributed by atoms with van der Waals surface area (Å²) in [7, 11) is -2.83. The number of hydrogen-bond acceptors (Lipinski definition) is 3. The number of nitrogens with one attached hydrogen (secondary N) is 1. The van der Waals surface area contributed by atoms with Crippen molar-refractivity contribution >= 4 is 9.84 Å². The molecule has 102 valence electrons. The molecule has 1 unspecified atom stereocenters. The van der Waals surface area contributed by atoms with Crippen molar-refractivity contribution in [2.24, 2.45) is 5.41 Å². The van der Waals surface area contributed by atoms with Crippen LogP contribution in [0.15, 0.2) is 0 Å². The van der Waals surface area contributed by atoms with Gasteiger partial charge in [0.25, 0.3) is 0 Å². The first-order valence-corrected chi connectivity index (χ1v) is 8.54. The van der Waals surface area contributed by atoms with Gasteiger partial charge in [0, 0.05) is 6.04 Å². The molecule has 0 aromatic heterocycles. The van der Waals surface area contributed by atoms with Gasteiger partial charge >= 0.3 is 0 Å². The number of sulfone groups is 1. The summed E-state index contributed by atoms with van der Waals surface area (Å²) in [4.78, 5) is 0. The van der Waals surface area contributed by atoms with Crippen LogP contribution in [0.25, 0.3) is 0 Å². The molecule has 1 aliphatic heterocycles. The molecular weight excluding hydrogens is 234 g/mol. The Bertz CT molecular complexity index is 311. The molecular formula is C13H27NO2S. The van der Waals surface area contributed by atoms with E-state index >= 15 is 0 Å². The maximum absolute atomic E-state index is 11.8. The fourth-order valence-corrected chi connectivity index (χ4v) is 3.85. The van der Waals surface area contributed by atoms with Crippen LogP contribution in [0.1, 0.15) is 52.9 Å². The summed E-state index contributed by atoms with van der Waals surface area (Å²) in [6, 6.07) is 0.563. The molecule has 0 spiro atoms. The van der Waals surface area contributed by atoms with Crippen LogP contribution >= 0.6 is 0 Å². The van der Waals surface area contributed by atoms with Crippen LogP contribution < -0.4 is 5.32 Å². The van der Waals surface area contributed by atoms with Crippen molar-refractivity contribution in [2.45, 2.75) is 58.9 Å². The topological polar surface area (TPSA) is 46.2 Å². The zero-order chi connectivity index (χ0) is 12.9. The van der Waals surface area contributed by atoms with Crippen LogP contribution in [0.3, 0.4) is 0 Å². The molecule has 1 atom stereocenters. The summed E-state index contributed by atoms with van der Waals surface area (Å²) >= 11 is 0. The summed E-state index contributed by atoms with van der Waals surface area (Å²) in [5.74, 6) is 0.704. The standard InChI is InChI=1S/C13H27NO2S/c1-13(2,3)8-11-17(15,16)10-5-7-12-6-4-9-14-12/h12,14H,4-11H2,1-3H3. The molecule has 0 aromatic rings. The van der Waals surface area contributed by atoms with Gasteiger partial charge in [-0.15, -0.1) is 0 Å². The van der Waals surface area contributed by atoms with Gasteiger partial charge in [0.2, 0.25) is 0 Å². The lowest BCUT2D eigenvalue weighted by molar-refractivity contribution is 0.397. The highest BCUT2D eigenvalue weighted by Gasteiger charge is 2.19. The van der Waals surface area contributed by atoms with Crippen molar-refractivity contribution in [3.8, 4) is 0 Å². The molecule has 4 heteroatoms. The van der Waals surface area contributed by atoms with Crippen LogP contribution in [-0.2, 0) is 9.84 Å². The number of rotatable bonds is 6. The Labute approximate surface area is 106 Å². The molecule has 0 aliphatic carbocycles. The van der Waals surface area contributed by atoms with E-state index in [1.54, 1.807) is 0 Å². The summed E-state index contributed by atoms with van der Waals surface area (Å²) in [6.45, 7) is 7.36. The lowest BCUT2D eigenvalue weighted by atomic mass is 9.94. The highest BCUT2D eigenvalue weighted by atomic mass is 32.2. The van der Waals surface area contributed by atoms with Gasteiger partial charge in [-0.05, 0) is 44.1 Å². The molecule has 0 saturated carbocycles. The minimum absolute atomic E-state index is 0.111. The second-order valence-electron chi connectivity index (χ2n) is 6.40. The van der Waals surface area contributed by atoms with E-state index in [-0.39, 0.29) is 5.41 Å². The lowest BCUT2D eigenvalue weighted by Crippen LogP contribution is -2.23. The Morgan fingerprint density at radius 3 is 2.47 bits per heavy atom.